The van der Waals surface area contributed by atoms with Crippen LogP contribution in [0.3, 0.4) is 0 Å². The average Bonchev–Trinajstić information content (AvgIpc) is 3.20. The molecule has 0 spiro atoms. The lowest BCUT2D eigenvalue weighted by Crippen LogP contribution is -2.15. The summed E-state index contributed by atoms with van der Waals surface area (Å²) in [6, 6.07) is 11.2. The second kappa shape index (κ2) is 5.37. The van der Waals surface area contributed by atoms with Gasteiger partial charge in [-0.2, -0.15) is 0 Å². The Balaban J connectivity index is 1.60. The highest BCUT2D eigenvalue weighted by Gasteiger charge is 2.20. The van der Waals surface area contributed by atoms with Gasteiger partial charge >= 0.3 is 0 Å². The van der Waals surface area contributed by atoms with Gasteiger partial charge < -0.3 is 9.88 Å². The van der Waals surface area contributed by atoms with Crippen LogP contribution in [0.15, 0.2) is 54.4 Å². The molecule has 1 unspecified atom stereocenters. The Morgan fingerprint density at radius 2 is 2.29 bits per heavy atom. The molecule has 0 fully saturated rings. The maximum atomic E-state index is 4.11. The number of rotatable bonds is 3. The molecule has 3 aromatic rings. The third kappa shape index (κ3) is 2.47. The molecule has 2 aromatic heterocycles. The number of nitrogens with one attached hydrogen (secondary N) is 1. The van der Waals surface area contributed by atoms with Gasteiger partial charge in [0.15, 0.2) is 0 Å². The minimum atomic E-state index is 0.443. The molecule has 0 bridgehead atoms. The number of benzene rings is 1. The summed E-state index contributed by atoms with van der Waals surface area (Å²) in [6.07, 6.45) is 9.32. The fourth-order valence-corrected chi connectivity index (χ4v) is 3.99. The summed E-state index contributed by atoms with van der Waals surface area (Å²) in [7, 11) is 0. The zero-order valence-corrected chi connectivity index (χ0v) is 12.5. The van der Waals surface area contributed by atoms with E-state index in [-0.39, 0.29) is 0 Å². The number of anilines is 1. The third-order valence-electron chi connectivity index (χ3n) is 4.04. The summed E-state index contributed by atoms with van der Waals surface area (Å²) >= 11 is 1.89. The summed E-state index contributed by atoms with van der Waals surface area (Å²) in [4.78, 5) is 5.66. The molecule has 1 N–H and O–H groups in total. The van der Waals surface area contributed by atoms with E-state index in [9.17, 15) is 0 Å². The van der Waals surface area contributed by atoms with E-state index in [1.807, 2.05) is 28.4 Å². The van der Waals surface area contributed by atoms with Gasteiger partial charge in [0.25, 0.3) is 0 Å². The summed E-state index contributed by atoms with van der Waals surface area (Å²) in [5.41, 5.74) is 3.79. The topological polar surface area (TPSA) is 29.9 Å². The first kappa shape index (κ1) is 12.7. The fraction of sp³-hybridized carbons (Fsp3) is 0.235. The molecule has 1 aromatic carbocycles. The molecule has 0 saturated carbocycles. The van der Waals surface area contributed by atoms with Gasteiger partial charge in [0.2, 0.25) is 0 Å². The number of nitrogens with zero attached hydrogens (tertiary/aromatic N) is 2. The number of hydrogen-bond acceptors (Lipinski definition) is 3. The molecule has 3 nitrogen and oxygen atoms in total. The standard InChI is InChI=1S/C17H17N3S/c1-3-13(11-14(4-1)20-9-8-18-12-20)19-16-5-2-6-17-15(16)7-10-21-17/h1,3-4,7-12,16,19H,2,5-6H2. The molecule has 0 aliphatic heterocycles. The number of hydrogen-bond donors (Lipinski definition) is 1. The minimum absolute atomic E-state index is 0.443. The Morgan fingerprint density at radius 1 is 1.29 bits per heavy atom. The zero-order valence-electron chi connectivity index (χ0n) is 11.7. The van der Waals surface area contributed by atoms with E-state index < -0.39 is 0 Å². The van der Waals surface area contributed by atoms with Crippen LogP contribution in [0.1, 0.15) is 29.3 Å². The second-order valence-electron chi connectivity index (χ2n) is 5.41. The molecule has 0 saturated heterocycles. The summed E-state index contributed by atoms with van der Waals surface area (Å²) < 4.78 is 2.03. The highest BCUT2D eigenvalue weighted by atomic mass is 32.1. The maximum absolute atomic E-state index is 4.11. The molecule has 0 amide bonds. The number of aromatic nitrogens is 2. The second-order valence-corrected chi connectivity index (χ2v) is 6.41. The van der Waals surface area contributed by atoms with Gasteiger partial charge in [-0.05, 0) is 54.5 Å². The Bertz CT molecular complexity index is 730. The zero-order chi connectivity index (χ0) is 14.1. The Labute approximate surface area is 128 Å². The van der Waals surface area contributed by atoms with Crippen LogP contribution in [-0.2, 0) is 6.42 Å². The van der Waals surface area contributed by atoms with Crippen molar-refractivity contribution in [3.05, 3.63) is 64.9 Å². The van der Waals surface area contributed by atoms with Crippen molar-refractivity contribution in [3.63, 3.8) is 0 Å². The van der Waals surface area contributed by atoms with Crippen molar-refractivity contribution < 1.29 is 0 Å². The van der Waals surface area contributed by atoms with Crippen LogP contribution in [0.4, 0.5) is 5.69 Å². The molecule has 2 heterocycles. The van der Waals surface area contributed by atoms with Crippen LogP contribution in [0.5, 0.6) is 0 Å². The van der Waals surface area contributed by atoms with Crippen molar-refractivity contribution in [1.29, 1.82) is 0 Å². The first-order valence-electron chi connectivity index (χ1n) is 7.31. The lowest BCUT2D eigenvalue weighted by molar-refractivity contribution is 0.609. The molecule has 106 valence electrons. The Morgan fingerprint density at radius 3 is 3.19 bits per heavy atom. The van der Waals surface area contributed by atoms with Gasteiger partial charge in [0.1, 0.15) is 0 Å². The molecular weight excluding hydrogens is 278 g/mol. The molecule has 0 radical (unpaired) electrons. The van der Waals surface area contributed by atoms with Crippen LogP contribution in [0, 0.1) is 0 Å². The number of fused-ring (bicyclic) bond motifs is 1. The number of thiophene rings is 1. The fourth-order valence-electron chi connectivity index (χ4n) is 3.01. The Kier molecular flexibility index (Phi) is 3.24. The number of imidazole rings is 1. The highest BCUT2D eigenvalue weighted by molar-refractivity contribution is 7.10. The lowest BCUT2D eigenvalue weighted by Gasteiger charge is -2.25. The largest absolute Gasteiger partial charge is 0.378 e. The average molecular weight is 295 g/mol. The van der Waals surface area contributed by atoms with Crippen LogP contribution >= 0.6 is 11.3 Å². The predicted octanol–water partition coefficient (Wildman–Crippen LogP) is 4.42. The van der Waals surface area contributed by atoms with Gasteiger partial charge in [-0.1, -0.05) is 6.07 Å². The lowest BCUT2D eigenvalue weighted by atomic mass is 9.94. The van der Waals surface area contributed by atoms with Crippen molar-refractivity contribution in [2.24, 2.45) is 0 Å². The normalized spacial score (nSPS) is 17.4. The SMILES string of the molecule is c1cc(NC2CCCc3sccc32)cc(-n2ccnc2)c1. The van der Waals surface area contributed by atoms with E-state index in [1.165, 1.54) is 30.5 Å². The van der Waals surface area contributed by atoms with Crippen LogP contribution in [-0.4, -0.2) is 9.55 Å². The molecule has 1 aliphatic carbocycles. The van der Waals surface area contributed by atoms with E-state index in [1.54, 1.807) is 11.1 Å². The van der Waals surface area contributed by atoms with Gasteiger partial charge in [-0.3, -0.25) is 0 Å². The van der Waals surface area contributed by atoms with Crippen LogP contribution in [0.25, 0.3) is 5.69 Å². The summed E-state index contributed by atoms with van der Waals surface area (Å²) in [5, 5.41) is 5.91. The molecular formula is C17H17N3S. The monoisotopic (exact) mass is 295 g/mol. The summed E-state index contributed by atoms with van der Waals surface area (Å²) in [6.45, 7) is 0. The third-order valence-corrected chi connectivity index (χ3v) is 5.04. The number of aryl methyl sites for hydroxylation is 1. The van der Waals surface area contributed by atoms with Crippen molar-refractivity contribution in [2.75, 3.05) is 5.32 Å². The predicted molar refractivity (Wildman–Crippen MR) is 87.2 cm³/mol. The van der Waals surface area contributed by atoms with Crippen molar-refractivity contribution in [2.45, 2.75) is 25.3 Å². The quantitative estimate of drug-likeness (QED) is 0.775. The minimum Gasteiger partial charge on any atom is -0.378 e. The molecule has 1 aliphatic rings. The van der Waals surface area contributed by atoms with E-state index in [4.69, 9.17) is 0 Å². The van der Waals surface area contributed by atoms with E-state index >= 15 is 0 Å². The molecule has 21 heavy (non-hydrogen) atoms. The van der Waals surface area contributed by atoms with Gasteiger partial charge in [0.05, 0.1) is 12.4 Å². The van der Waals surface area contributed by atoms with E-state index in [2.05, 4.69) is 46.0 Å². The van der Waals surface area contributed by atoms with Gasteiger partial charge in [0, 0.05) is 28.6 Å². The highest BCUT2D eigenvalue weighted by Crippen LogP contribution is 2.35. The molecule has 4 rings (SSSR count). The van der Waals surface area contributed by atoms with Gasteiger partial charge in [-0.25, -0.2) is 4.98 Å². The van der Waals surface area contributed by atoms with Crippen molar-refractivity contribution >= 4 is 17.0 Å². The first-order valence-corrected chi connectivity index (χ1v) is 8.19. The Hall–Kier alpha value is -2.07. The van der Waals surface area contributed by atoms with E-state index in [0.29, 0.717) is 6.04 Å². The molecule has 4 heteroatoms. The molecule has 1 atom stereocenters. The van der Waals surface area contributed by atoms with Crippen LogP contribution < -0.4 is 5.32 Å². The van der Waals surface area contributed by atoms with Gasteiger partial charge in [-0.15, -0.1) is 11.3 Å². The first-order chi connectivity index (χ1) is 10.4. The van der Waals surface area contributed by atoms with E-state index in [0.717, 1.165) is 5.69 Å². The van der Waals surface area contributed by atoms with Crippen molar-refractivity contribution in [3.8, 4) is 5.69 Å². The maximum Gasteiger partial charge on any atom is 0.0991 e. The van der Waals surface area contributed by atoms with Crippen LogP contribution in [0.2, 0.25) is 0 Å². The summed E-state index contributed by atoms with van der Waals surface area (Å²) in [5.74, 6) is 0. The van der Waals surface area contributed by atoms with Crippen molar-refractivity contribution in [1.82, 2.24) is 9.55 Å². The smallest absolute Gasteiger partial charge is 0.0991 e.